The molecule has 120 valence electrons. The van der Waals surface area contributed by atoms with Gasteiger partial charge in [-0.3, -0.25) is 4.79 Å². The summed E-state index contributed by atoms with van der Waals surface area (Å²) in [6.45, 7) is 5.86. The molecule has 0 aliphatic carbocycles. The Morgan fingerprint density at radius 1 is 1.14 bits per heavy atom. The SMILES string of the molecule is Cc1c(Cl)ncnc1C(=O)N1CCC(N2CCCCC2)CC1. The van der Waals surface area contributed by atoms with Crippen LogP contribution in [0.25, 0.3) is 0 Å². The van der Waals surface area contributed by atoms with Gasteiger partial charge in [0.1, 0.15) is 17.2 Å². The summed E-state index contributed by atoms with van der Waals surface area (Å²) < 4.78 is 0. The molecule has 0 spiro atoms. The molecule has 6 heteroatoms. The van der Waals surface area contributed by atoms with E-state index >= 15 is 0 Å². The van der Waals surface area contributed by atoms with Gasteiger partial charge in [0.05, 0.1) is 0 Å². The molecule has 5 nitrogen and oxygen atoms in total. The van der Waals surface area contributed by atoms with Crippen LogP contribution in [0.15, 0.2) is 6.33 Å². The first-order valence-electron chi connectivity index (χ1n) is 8.17. The molecule has 0 N–H and O–H groups in total. The molecule has 2 fully saturated rings. The Hall–Kier alpha value is -1.20. The van der Waals surface area contributed by atoms with E-state index in [2.05, 4.69) is 14.9 Å². The van der Waals surface area contributed by atoms with Gasteiger partial charge in [0.25, 0.3) is 5.91 Å². The van der Waals surface area contributed by atoms with Gasteiger partial charge in [-0.25, -0.2) is 9.97 Å². The van der Waals surface area contributed by atoms with E-state index in [1.54, 1.807) is 6.92 Å². The van der Waals surface area contributed by atoms with Crippen LogP contribution in [0.4, 0.5) is 0 Å². The highest BCUT2D eigenvalue weighted by molar-refractivity contribution is 6.30. The smallest absolute Gasteiger partial charge is 0.272 e. The molecular formula is C16H23ClN4O. The van der Waals surface area contributed by atoms with E-state index in [-0.39, 0.29) is 5.91 Å². The summed E-state index contributed by atoms with van der Waals surface area (Å²) in [5.41, 5.74) is 1.11. The molecule has 3 rings (SSSR count). The van der Waals surface area contributed by atoms with Crippen molar-refractivity contribution >= 4 is 17.5 Å². The lowest BCUT2D eigenvalue weighted by atomic mass is 9.99. The van der Waals surface area contributed by atoms with E-state index in [0.717, 1.165) is 25.9 Å². The molecule has 22 heavy (non-hydrogen) atoms. The Labute approximate surface area is 136 Å². The van der Waals surface area contributed by atoms with Crippen LogP contribution in [-0.4, -0.2) is 57.9 Å². The molecule has 2 aliphatic heterocycles. The lowest BCUT2D eigenvalue weighted by Crippen LogP contribution is -2.48. The summed E-state index contributed by atoms with van der Waals surface area (Å²) in [4.78, 5) is 25.2. The fraction of sp³-hybridized carbons (Fsp3) is 0.688. The van der Waals surface area contributed by atoms with E-state index in [0.29, 0.717) is 22.5 Å². The van der Waals surface area contributed by atoms with Crippen LogP contribution in [0.3, 0.4) is 0 Å². The number of aromatic nitrogens is 2. The molecule has 0 saturated carbocycles. The Morgan fingerprint density at radius 2 is 1.82 bits per heavy atom. The van der Waals surface area contributed by atoms with Gasteiger partial charge in [-0.15, -0.1) is 0 Å². The van der Waals surface area contributed by atoms with Crippen LogP contribution in [0.5, 0.6) is 0 Å². The molecule has 3 heterocycles. The predicted molar refractivity (Wildman–Crippen MR) is 86.1 cm³/mol. The highest BCUT2D eigenvalue weighted by atomic mass is 35.5. The maximum Gasteiger partial charge on any atom is 0.272 e. The minimum absolute atomic E-state index is 0.0149. The minimum Gasteiger partial charge on any atom is -0.337 e. The number of nitrogens with zero attached hydrogens (tertiary/aromatic N) is 4. The third kappa shape index (κ3) is 3.25. The molecule has 2 aliphatic rings. The zero-order valence-electron chi connectivity index (χ0n) is 13.1. The van der Waals surface area contributed by atoms with Crippen molar-refractivity contribution in [3.05, 3.63) is 22.7 Å². The van der Waals surface area contributed by atoms with Gasteiger partial charge >= 0.3 is 0 Å². The second-order valence-electron chi connectivity index (χ2n) is 6.26. The van der Waals surface area contributed by atoms with E-state index in [4.69, 9.17) is 11.6 Å². The average molecular weight is 323 g/mol. The Kier molecular flexibility index (Phi) is 4.93. The molecule has 0 aromatic carbocycles. The molecule has 0 bridgehead atoms. The summed E-state index contributed by atoms with van der Waals surface area (Å²) in [7, 11) is 0. The Morgan fingerprint density at radius 3 is 2.50 bits per heavy atom. The number of piperidine rings is 2. The van der Waals surface area contributed by atoms with Gasteiger partial charge in [-0.2, -0.15) is 0 Å². The van der Waals surface area contributed by atoms with Gasteiger partial charge in [0, 0.05) is 24.7 Å². The molecule has 0 unspecified atom stereocenters. The van der Waals surface area contributed by atoms with Crippen molar-refractivity contribution in [2.24, 2.45) is 0 Å². The zero-order valence-corrected chi connectivity index (χ0v) is 13.8. The Balaban J connectivity index is 1.61. The third-order valence-electron chi connectivity index (χ3n) is 4.88. The highest BCUT2D eigenvalue weighted by Crippen LogP contribution is 2.23. The largest absolute Gasteiger partial charge is 0.337 e. The van der Waals surface area contributed by atoms with Crippen LogP contribution in [-0.2, 0) is 0 Å². The van der Waals surface area contributed by atoms with Gasteiger partial charge in [-0.05, 0) is 45.7 Å². The standard InChI is InChI=1S/C16H23ClN4O/c1-12-14(18-11-19-15(12)17)16(22)21-9-5-13(6-10-21)20-7-3-2-4-8-20/h11,13H,2-10H2,1H3. The average Bonchev–Trinajstić information content (AvgIpc) is 2.58. The maximum absolute atomic E-state index is 12.6. The van der Waals surface area contributed by atoms with E-state index in [1.807, 2.05) is 4.90 Å². The van der Waals surface area contributed by atoms with Gasteiger partial charge in [0.15, 0.2) is 0 Å². The number of amides is 1. The number of halogens is 1. The normalized spacial score (nSPS) is 21.1. The first-order valence-corrected chi connectivity index (χ1v) is 8.55. The zero-order chi connectivity index (χ0) is 15.5. The van der Waals surface area contributed by atoms with Crippen molar-refractivity contribution in [3.8, 4) is 0 Å². The third-order valence-corrected chi connectivity index (χ3v) is 5.26. The van der Waals surface area contributed by atoms with Crippen molar-refractivity contribution in [2.75, 3.05) is 26.2 Å². The lowest BCUT2D eigenvalue weighted by Gasteiger charge is -2.40. The molecular weight excluding hydrogens is 300 g/mol. The highest BCUT2D eigenvalue weighted by Gasteiger charge is 2.29. The van der Waals surface area contributed by atoms with Crippen LogP contribution in [0, 0.1) is 6.92 Å². The van der Waals surface area contributed by atoms with Crippen LogP contribution in [0.2, 0.25) is 5.15 Å². The summed E-state index contributed by atoms with van der Waals surface area (Å²) in [5.74, 6) is -0.0149. The quantitative estimate of drug-likeness (QED) is 0.785. The van der Waals surface area contributed by atoms with Crippen molar-refractivity contribution < 1.29 is 4.79 Å². The number of carbonyl (C=O) groups excluding carboxylic acids is 1. The number of rotatable bonds is 2. The number of likely N-dealkylation sites (tertiary alicyclic amines) is 2. The molecule has 0 atom stereocenters. The second-order valence-corrected chi connectivity index (χ2v) is 6.62. The van der Waals surface area contributed by atoms with Gasteiger partial charge in [-0.1, -0.05) is 18.0 Å². The summed E-state index contributed by atoms with van der Waals surface area (Å²) >= 11 is 5.99. The van der Waals surface area contributed by atoms with E-state index in [1.165, 1.54) is 38.7 Å². The summed E-state index contributed by atoms with van der Waals surface area (Å²) in [6, 6.07) is 0.638. The van der Waals surface area contributed by atoms with Crippen LogP contribution >= 0.6 is 11.6 Å². The second kappa shape index (κ2) is 6.92. The van der Waals surface area contributed by atoms with Crippen molar-refractivity contribution in [1.29, 1.82) is 0 Å². The summed E-state index contributed by atoms with van der Waals surface area (Å²) in [5, 5.41) is 0.363. The minimum atomic E-state index is -0.0149. The molecule has 0 radical (unpaired) electrons. The van der Waals surface area contributed by atoms with Crippen molar-refractivity contribution in [1.82, 2.24) is 19.8 Å². The predicted octanol–water partition coefficient (Wildman–Crippen LogP) is 2.53. The van der Waals surface area contributed by atoms with E-state index < -0.39 is 0 Å². The van der Waals surface area contributed by atoms with E-state index in [9.17, 15) is 4.79 Å². The maximum atomic E-state index is 12.6. The monoisotopic (exact) mass is 322 g/mol. The molecule has 1 aromatic heterocycles. The number of hydrogen-bond acceptors (Lipinski definition) is 4. The first-order chi connectivity index (χ1) is 10.7. The lowest BCUT2D eigenvalue weighted by molar-refractivity contribution is 0.0584. The van der Waals surface area contributed by atoms with Crippen molar-refractivity contribution in [3.63, 3.8) is 0 Å². The molecule has 1 amide bonds. The van der Waals surface area contributed by atoms with Crippen molar-refractivity contribution in [2.45, 2.75) is 45.1 Å². The molecule has 1 aromatic rings. The first kappa shape index (κ1) is 15.7. The van der Waals surface area contributed by atoms with Gasteiger partial charge in [0.2, 0.25) is 0 Å². The fourth-order valence-electron chi connectivity index (χ4n) is 3.51. The Bertz CT molecular complexity index is 537. The summed E-state index contributed by atoms with van der Waals surface area (Å²) in [6.07, 6.45) is 7.48. The molecule has 2 saturated heterocycles. The van der Waals surface area contributed by atoms with Gasteiger partial charge < -0.3 is 9.80 Å². The fourth-order valence-corrected chi connectivity index (χ4v) is 3.64. The topological polar surface area (TPSA) is 49.3 Å². The van der Waals surface area contributed by atoms with Crippen LogP contribution in [0.1, 0.15) is 48.2 Å². The van der Waals surface area contributed by atoms with Crippen LogP contribution < -0.4 is 0 Å². The number of carbonyl (C=O) groups is 1. The number of hydrogen-bond donors (Lipinski definition) is 0.